The molecule has 4 heteroatoms. The highest BCUT2D eigenvalue weighted by molar-refractivity contribution is 5.76. The molecule has 0 heterocycles. The van der Waals surface area contributed by atoms with E-state index < -0.39 is 12.1 Å². The smallest absolute Gasteiger partial charge is 0.220 e. The Bertz CT molecular complexity index is 1010. The van der Waals surface area contributed by atoms with Crippen LogP contribution in [-0.4, -0.2) is 34.9 Å². The van der Waals surface area contributed by atoms with Crippen molar-refractivity contribution in [2.24, 2.45) is 0 Å². The van der Waals surface area contributed by atoms with Crippen molar-refractivity contribution in [1.82, 2.24) is 5.32 Å². The number of aliphatic hydroxyl groups excluding tert-OH is 2. The lowest BCUT2D eigenvalue weighted by atomic mass is 10.0. The Morgan fingerprint density at radius 2 is 0.551 bits per heavy atom. The number of hydrogen-bond acceptors (Lipinski definition) is 3. The van der Waals surface area contributed by atoms with Gasteiger partial charge in [0.1, 0.15) is 0 Å². The monoisotopic (exact) mass is 970 g/mol. The maximum atomic E-state index is 12.5. The zero-order chi connectivity index (χ0) is 49.9. The molecule has 0 aliphatic heterocycles. The lowest BCUT2D eigenvalue weighted by Gasteiger charge is -2.20. The maximum Gasteiger partial charge on any atom is 0.220 e. The van der Waals surface area contributed by atoms with E-state index in [2.05, 4.69) is 31.3 Å². The number of unbranched alkanes of at least 4 members (excludes halogenated alkanes) is 51. The molecule has 0 aromatic rings. The van der Waals surface area contributed by atoms with E-state index in [0.717, 1.165) is 25.7 Å². The number of rotatable bonds is 60. The van der Waals surface area contributed by atoms with Crippen molar-refractivity contribution in [1.29, 1.82) is 0 Å². The van der Waals surface area contributed by atoms with Crippen LogP contribution in [-0.2, 0) is 4.79 Å². The second kappa shape index (κ2) is 61.2. The first-order valence-electron chi connectivity index (χ1n) is 32.1. The van der Waals surface area contributed by atoms with Crippen LogP contribution in [0.25, 0.3) is 0 Å². The minimum atomic E-state index is -0.838. The highest BCUT2D eigenvalue weighted by atomic mass is 16.3. The van der Waals surface area contributed by atoms with Gasteiger partial charge in [0.05, 0.1) is 18.8 Å². The summed E-state index contributed by atoms with van der Waals surface area (Å²) in [5, 5.41) is 23.3. The van der Waals surface area contributed by atoms with Crippen molar-refractivity contribution >= 4 is 5.91 Å². The second-order valence-corrected chi connectivity index (χ2v) is 22.2. The second-order valence-electron chi connectivity index (χ2n) is 22.2. The third-order valence-corrected chi connectivity index (χ3v) is 15.2. The van der Waals surface area contributed by atoms with E-state index in [1.54, 1.807) is 6.08 Å². The van der Waals surface area contributed by atoms with Crippen LogP contribution in [0.15, 0.2) is 24.3 Å². The highest BCUT2D eigenvalue weighted by Gasteiger charge is 2.18. The zero-order valence-electron chi connectivity index (χ0n) is 47.4. The Kier molecular flexibility index (Phi) is 60.2. The predicted octanol–water partition coefficient (Wildman–Crippen LogP) is 21.4. The first kappa shape index (κ1) is 67.9. The lowest BCUT2D eigenvalue weighted by molar-refractivity contribution is -0.123. The van der Waals surface area contributed by atoms with Crippen molar-refractivity contribution in [3.05, 3.63) is 24.3 Å². The Morgan fingerprint density at radius 1 is 0.333 bits per heavy atom. The van der Waals surface area contributed by atoms with Crippen LogP contribution < -0.4 is 5.32 Å². The minimum Gasteiger partial charge on any atom is -0.394 e. The fourth-order valence-electron chi connectivity index (χ4n) is 10.3. The number of carbonyl (C=O) groups excluding carboxylic acids is 1. The van der Waals surface area contributed by atoms with Crippen molar-refractivity contribution in [3.8, 4) is 0 Å². The molecule has 410 valence electrons. The van der Waals surface area contributed by atoms with Gasteiger partial charge in [0.15, 0.2) is 0 Å². The van der Waals surface area contributed by atoms with Crippen molar-refractivity contribution in [2.45, 2.75) is 379 Å². The van der Waals surface area contributed by atoms with Gasteiger partial charge in [0.25, 0.3) is 0 Å². The summed E-state index contributed by atoms with van der Waals surface area (Å²) in [6.07, 6.45) is 82.4. The van der Waals surface area contributed by atoms with Crippen molar-refractivity contribution in [3.63, 3.8) is 0 Å². The fourth-order valence-corrected chi connectivity index (χ4v) is 10.3. The van der Waals surface area contributed by atoms with Crippen LogP contribution in [0, 0.1) is 0 Å². The molecule has 0 bridgehead atoms. The molecule has 0 radical (unpaired) electrons. The summed E-state index contributed by atoms with van der Waals surface area (Å²) >= 11 is 0. The van der Waals surface area contributed by atoms with E-state index in [-0.39, 0.29) is 12.5 Å². The standard InChI is InChI=1S/C65H127NO3/c1-3-5-7-9-11-13-15-17-19-21-23-25-27-29-30-31-32-33-34-35-36-37-39-41-43-45-47-49-51-53-55-57-59-61-65(69)66-63(62-67)64(68)60-58-56-54-52-50-48-46-44-42-40-38-28-26-24-22-20-18-16-14-12-10-8-6-4-2/h21,23,58,60,63-64,67-68H,3-20,22,24-57,59,61-62H2,1-2H3,(H,66,69)/b23-21-,60-58+. The lowest BCUT2D eigenvalue weighted by Crippen LogP contribution is -2.45. The molecule has 0 saturated heterocycles. The number of hydrogen-bond donors (Lipinski definition) is 3. The van der Waals surface area contributed by atoms with Gasteiger partial charge in [-0.25, -0.2) is 0 Å². The Balaban J connectivity index is 3.42. The van der Waals surface area contributed by atoms with Gasteiger partial charge in [-0.3, -0.25) is 4.79 Å². The van der Waals surface area contributed by atoms with E-state index in [9.17, 15) is 15.0 Å². The molecule has 0 aromatic heterocycles. The molecular formula is C65H127NO3. The van der Waals surface area contributed by atoms with Crippen LogP contribution in [0.5, 0.6) is 0 Å². The van der Waals surface area contributed by atoms with E-state index in [1.165, 1.54) is 321 Å². The number of aliphatic hydroxyl groups is 2. The summed E-state index contributed by atoms with van der Waals surface area (Å²) in [5.41, 5.74) is 0. The predicted molar refractivity (Wildman–Crippen MR) is 309 cm³/mol. The number of allylic oxidation sites excluding steroid dienone is 3. The van der Waals surface area contributed by atoms with Crippen LogP contribution >= 0.6 is 0 Å². The average Bonchev–Trinajstić information content (AvgIpc) is 3.35. The molecule has 0 saturated carbocycles. The fraction of sp³-hybridized carbons (Fsp3) is 0.923. The Hall–Kier alpha value is -1.13. The number of nitrogens with one attached hydrogen (secondary N) is 1. The summed E-state index contributed by atoms with van der Waals surface area (Å²) in [5.74, 6) is -0.0554. The first-order chi connectivity index (χ1) is 34.2. The van der Waals surface area contributed by atoms with E-state index in [1.807, 2.05) is 6.08 Å². The summed E-state index contributed by atoms with van der Waals surface area (Å²) in [7, 11) is 0. The number of amides is 1. The minimum absolute atomic E-state index is 0.0554. The van der Waals surface area contributed by atoms with Gasteiger partial charge in [0.2, 0.25) is 5.91 Å². The van der Waals surface area contributed by atoms with E-state index >= 15 is 0 Å². The van der Waals surface area contributed by atoms with Crippen LogP contribution in [0.2, 0.25) is 0 Å². The van der Waals surface area contributed by atoms with E-state index in [4.69, 9.17) is 0 Å². The first-order valence-corrected chi connectivity index (χ1v) is 32.1. The molecule has 2 atom stereocenters. The van der Waals surface area contributed by atoms with Crippen molar-refractivity contribution in [2.75, 3.05) is 6.61 Å². The maximum absolute atomic E-state index is 12.5. The third kappa shape index (κ3) is 57.6. The van der Waals surface area contributed by atoms with Crippen LogP contribution in [0.1, 0.15) is 367 Å². The normalized spacial score (nSPS) is 12.8. The third-order valence-electron chi connectivity index (χ3n) is 15.2. The molecule has 0 aliphatic carbocycles. The highest BCUT2D eigenvalue weighted by Crippen LogP contribution is 2.18. The largest absolute Gasteiger partial charge is 0.394 e. The summed E-state index contributed by atoms with van der Waals surface area (Å²) in [4.78, 5) is 12.5. The van der Waals surface area contributed by atoms with E-state index in [0.29, 0.717) is 6.42 Å². The number of carbonyl (C=O) groups is 1. The molecule has 0 rings (SSSR count). The molecule has 0 aliphatic rings. The molecule has 0 aromatic carbocycles. The summed E-state index contributed by atoms with van der Waals surface area (Å²) < 4.78 is 0. The molecule has 4 nitrogen and oxygen atoms in total. The zero-order valence-corrected chi connectivity index (χ0v) is 47.4. The molecule has 1 amide bonds. The topological polar surface area (TPSA) is 69.6 Å². The van der Waals surface area contributed by atoms with Gasteiger partial charge in [-0.15, -0.1) is 0 Å². The molecule has 3 N–H and O–H groups in total. The average molecular weight is 971 g/mol. The SMILES string of the molecule is CCCCCCCCCC/C=C\CCCCCCCCCCCCCCCCCCCCCCCC(=O)NC(CO)C(O)/C=C/CCCCCCCCCCCCCCCCCCCCCCCC. The summed E-state index contributed by atoms with van der Waals surface area (Å²) in [6.45, 7) is 4.35. The van der Waals surface area contributed by atoms with Gasteiger partial charge in [-0.1, -0.05) is 340 Å². The Labute approximate surface area is 434 Å². The Morgan fingerprint density at radius 3 is 0.797 bits per heavy atom. The van der Waals surface area contributed by atoms with Crippen LogP contribution in [0.3, 0.4) is 0 Å². The van der Waals surface area contributed by atoms with Gasteiger partial charge in [-0.2, -0.15) is 0 Å². The molecule has 2 unspecified atom stereocenters. The molecule has 0 spiro atoms. The molecule has 69 heavy (non-hydrogen) atoms. The van der Waals surface area contributed by atoms with Gasteiger partial charge < -0.3 is 15.5 Å². The molecular weight excluding hydrogens is 843 g/mol. The quantitative estimate of drug-likeness (QED) is 0.0420. The van der Waals surface area contributed by atoms with Gasteiger partial charge >= 0.3 is 0 Å². The summed E-state index contributed by atoms with van der Waals surface area (Å²) in [6, 6.07) is -0.620. The van der Waals surface area contributed by atoms with Crippen molar-refractivity contribution < 1.29 is 15.0 Å². The molecule has 0 fully saturated rings. The van der Waals surface area contributed by atoms with Crippen LogP contribution in [0.4, 0.5) is 0 Å². The van der Waals surface area contributed by atoms with Gasteiger partial charge in [0, 0.05) is 6.42 Å². The van der Waals surface area contributed by atoms with Gasteiger partial charge in [-0.05, 0) is 44.9 Å².